The fourth-order valence-corrected chi connectivity index (χ4v) is 3.91. The number of carbonyl (C=O) groups excluding carboxylic acids is 1. The minimum absolute atomic E-state index is 0.0632. The molecule has 0 unspecified atom stereocenters. The van der Waals surface area contributed by atoms with E-state index in [1.807, 2.05) is 6.33 Å². The standard InChI is InChI=1S/C21H28N4OS/c1-14-10-16-17(11-15(14)2)25(13-23-16)9-7-19(26)22-8-6-20-24-18(12-27-20)21(3,4)5/h10-13H,6-9H2,1-5H3,(H,22,26). The molecule has 0 saturated heterocycles. The molecule has 3 aromatic rings. The summed E-state index contributed by atoms with van der Waals surface area (Å²) in [4.78, 5) is 21.3. The van der Waals surface area contributed by atoms with Gasteiger partial charge in [-0.15, -0.1) is 11.3 Å². The molecule has 1 N–H and O–H groups in total. The zero-order valence-corrected chi connectivity index (χ0v) is 17.6. The molecule has 1 aromatic carbocycles. The maximum atomic E-state index is 12.2. The number of amides is 1. The number of hydrogen-bond acceptors (Lipinski definition) is 4. The lowest BCUT2D eigenvalue weighted by Gasteiger charge is -2.14. The Balaban J connectivity index is 1.49. The molecular formula is C21H28N4OS. The van der Waals surface area contributed by atoms with Gasteiger partial charge in [0.1, 0.15) is 0 Å². The molecule has 0 saturated carbocycles. The van der Waals surface area contributed by atoms with Crippen LogP contribution in [0.25, 0.3) is 11.0 Å². The van der Waals surface area contributed by atoms with Crippen LogP contribution in [0.1, 0.15) is 49.0 Å². The fraction of sp³-hybridized carbons (Fsp3) is 0.476. The van der Waals surface area contributed by atoms with Gasteiger partial charge in [-0.25, -0.2) is 9.97 Å². The van der Waals surface area contributed by atoms with Crippen molar-refractivity contribution in [3.05, 3.63) is 45.7 Å². The second kappa shape index (κ2) is 7.80. The number of rotatable bonds is 6. The number of nitrogens with zero attached hydrogens (tertiary/aromatic N) is 3. The summed E-state index contributed by atoms with van der Waals surface area (Å²) in [6.07, 6.45) is 3.04. The highest BCUT2D eigenvalue weighted by atomic mass is 32.1. The topological polar surface area (TPSA) is 59.8 Å². The first-order chi connectivity index (χ1) is 12.7. The number of carbonyl (C=O) groups is 1. The van der Waals surface area contributed by atoms with Gasteiger partial charge in [0, 0.05) is 36.7 Å². The van der Waals surface area contributed by atoms with Crippen LogP contribution in [0.5, 0.6) is 0 Å². The van der Waals surface area contributed by atoms with Crippen LogP contribution in [-0.2, 0) is 23.2 Å². The van der Waals surface area contributed by atoms with Crippen molar-refractivity contribution in [2.24, 2.45) is 0 Å². The van der Waals surface area contributed by atoms with Gasteiger partial charge in [0.05, 0.1) is 28.1 Å². The number of benzene rings is 1. The predicted octanol–water partition coefficient (Wildman–Crippen LogP) is 4.16. The first kappa shape index (κ1) is 19.5. The fourth-order valence-electron chi connectivity index (χ4n) is 2.88. The number of nitrogens with one attached hydrogen (secondary N) is 1. The SMILES string of the molecule is Cc1cc2ncn(CCC(=O)NCCc3nc(C(C)(C)C)cs3)c2cc1C. The first-order valence-corrected chi connectivity index (χ1v) is 10.3. The van der Waals surface area contributed by atoms with E-state index in [9.17, 15) is 4.79 Å². The van der Waals surface area contributed by atoms with E-state index in [0.29, 0.717) is 19.5 Å². The van der Waals surface area contributed by atoms with E-state index in [-0.39, 0.29) is 11.3 Å². The molecule has 144 valence electrons. The average Bonchev–Trinajstić information content (AvgIpc) is 3.21. The summed E-state index contributed by atoms with van der Waals surface area (Å²) in [5.74, 6) is 0.0632. The third kappa shape index (κ3) is 4.75. The Morgan fingerprint density at radius 1 is 1.22 bits per heavy atom. The van der Waals surface area contributed by atoms with Gasteiger partial charge in [-0.05, 0) is 37.1 Å². The van der Waals surface area contributed by atoms with E-state index in [0.717, 1.165) is 28.2 Å². The molecule has 0 fully saturated rings. The van der Waals surface area contributed by atoms with Gasteiger partial charge in [0.15, 0.2) is 0 Å². The van der Waals surface area contributed by atoms with Crippen molar-refractivity contribution in [2.75, 3.05) is 6.54 Å². The van der Waals surface area contributed by atoms with Crippen molar-refractivity contribution < 1.29 is 4.79 Å². The minimum atomic E-state index is 0.0632. The normalized spacial score (nSPS) is 11.9. The van der Waals surface area contributed by atoms with E-state index in [4.69, 9.17) is 0 Å². The molecule has 5 nitrogen and oxygen atoms in total. The number of thiazole rings is 1. The molecule has 2 heterocycles. The Morgan fingerprint density at radius 3 is 2.67 bits per heavy atom. The lowest BCUT2D eigenvalue weighted by Crippen LogP contribution is -2.26. The van der Waals surface area contributed by atoms with Gasteiger partial charge < -0.3 is 9.88 Å². The second-order valence-corrected chi connectivity index (χ2v) is 9.03. The highest BCUT2D eigenvalue weighted by Gasteiger charge is 2.17. The molecule has 0 bridgehead atoms. The average molecular weight is 385 g/mol. The maximum Gasteiger partial charge on any atom is 0.221 e. The molecule has 6 heteroatoms. The maximum absolute atomic E-state index is 12.2. The molecule has 1 amide bonds. The summed E-state index contributed by atoms with van der Waals surface area (Å²) in [7, 11) is 0. The molecular weight excluding hydrogens is 356 g/mol. The van der Waals surface area contributed by atoms with Crippen LogP contribution in [0, 0.1) is 13.8 Å². The minimum Gasteiger partial charge on any atom is -0.356 e. The summed E-state index contributed by atoms with van der Waals surface area (Å²) >= 11 is 1.67. The van der Waals surface area contributed by atoms with Gasteiger partial charge in [-0.2, -0.15) is 0 Å². The van der Waals surface area contributed by atoms with Crippen LogP contribution < -0.4 is 5.32 Å². The lowest BCUT2D eigenvalue weighted by molar-refractivity contribution is -0.121. The Kier molecular flexibility index (Phi) is 5.65. The van der Waals surface area contributed by atoms with Gasteiger partial charge in [0.2, 0.25) is 5.91 Å². The van der Waals surface area contributed by atoms with Gasteiger partial charge >= 0.3 is 0 Å². The summed E-state index contributed by atoms with van der Waals surface area (Å²) in [6, 6.07) is 4.24. The van der Waals surface area contributed by atoms with Crippen molar-refractivity contribution in [3.63, 3.8) is 0 Å². The number of hydrogen-bond donors (Lipinski definition) is 1. The van der Waals surface area contributed by atoms with Crippen molar-refractivity contribution in [1.82, 2.24) is 19.9 Å². The van der Waals surface area contributed by atoms with Crippen molar-refractivity contribution in [3.8, 4) is 0 Å². The van der Waals surface area contributed by atoms with Crippen LogP contribution in [0.15, 0.2) is 23.8 Å². The van der Waals surface area contributed by atoms with Gasteiger partial charge in [-0.3, -0.25) is 4.79 Å². The summed E-state index contributed by atoms with van der Waals surface area (Å²) in [5.41, 5.74) is 5.74. The third-order valence-corrected chi connectivity index (χ3v) is 5.71. The van der Waals surface area contributed by atoms with E-state index in [1.54, 1.807) is 11.3 Å². The van der Waals surface area contributed by atoms with Crippen LogP contribution in [0.3, 0.4) is 0 Å². The van der Waals surface area contributed by atoms with E-state index in [2.05, 4.69) is 72.0 Å². The zero-order valence-electron chi connectivity index (χ0n) is 16.8. The largest absolute Gasteiger partial charge is 0.356 e. The molecule has 3 rings (SSSR count). The molecule has 0 atom stereocenters. The predicted molar refractivity (Wildman–Crippen MR) is 111 cm³/mol. The Labute approximate surface area is 164 Å². The number of aryl methyl sites for hydroxylation is 3. The summed E-state index contributed by atoms with van der Waals surface area (Å²) in [5, 5.41) is 6.20. The molecule has 0 aliphatic rings. The monoisotopic (exact) mass is 384 g/mol. The summed E-state index contributed by atoms with van der Waals surface area (Å²) < 4.78 is 2.05. The number of aromatic nitrogens is 3. The molecule has 0 spiro atoms. The van der Waals surface area contributed by atoms with Crippen LogP contribution in [-0.4, -0.2) is 27.0 Å². The molecule has 0 aliphatic carbocycles. The third-order valence-electron chi connectivity index (χ3n) is 4.80. The molecule has 0 aliphatic heterocycles. The van der Waals surface area contributed by atoms with Crippen molar-refractivity contribution >= 4 is 28.3 Å². The Bertz CT molecular complexity index is 949. The quantitative estimate of drug-likeness (QED) is 0.694. The van der Waals surface area contributed by atoms with Gasteiger partial charge in [-0.1, -0.05) is 20.8 Å². The van der Waals surface area contributed by atoms with Crippen LogP contribution in [0.4, 0.5) is 0 Å². The smallest absolute Gasteiger partial charge is 0.221 e. The van der Waals surface area contributed by atoms with Crippen molar-refractivity contribution in [2.45, 2.75) is 59.4 Å². The van der Waals surface area contributed by atoms with E-state index < -0.39 is 0 Å². The van der Waals surface area contributed by atoms with Crippen LogP contribution in [0.2, 0.25) is 0 Å². The second-order valence-electron chi connectivity index (χ2n) is 8.09. The molecule has 2 aromatic heterocycles. The highest BCUT2D eigenvalue weighted by molar-refractivity contribution is 7.09. The first-order valence-electron chi connectivity index (χ1n) is 9.38. The zero-order chi connectivity index (χ0) is 19.6. The molecule has 27 heavy (non-hydrogen) atoms. The Morgan fingerprint density at radius 2 is 1.96 bits per heavy atom. The van der Waals surface area contributed by atoms with Gasteiger partial charge in [0.25, 0.3) is 0 Å². The van der Waals surface area contributed by atoms with Crippen LogP contribution >= 0.6 is 11.3 Å². The number of imidazole rings is 1. The van der Waals surface area contributed by atoms with E-state index in [1.165, 1.54) is 11.1 Å². The highest BCUT2D eigenvalue weighted by Crippen LogP contribution is 2.24. The number of fused-ring (bicyclic) bond motifs is 1. The van der Waals surface area contributed by atoms with E-state index >= 15 is 0 Å². The van der Waals surface area contributed by atoms with Crippen molar-refractivity contribution in [1.29, 1.82) is 0 Å². The lowest BCUT2D eigenvalue weighted by atomic mass is 9.93. The summed E-state index contributed by atoms with van der Waals surface area (Å²) in [6.45, 7) is 11.9. The molecule has 0 radical (unpaired) electrons. The Hall–Kier alpha value is -2.21.